The van der Waals surface area contributed by atoms with E-state index in [1.165, 1.54) is 21.3 Å². The number of carbonyl (C=O) groups is 2. The second-order valence-electron chi connectivity index (χ2n) is 8.44. The molecule has 0 radical (unpaired) electrons. The number of nitrogens with zero attached hydrogens (tertiary/aromatic N) is 2. The Kier molecular flexibility index (Phi) is 10.5. The third-order valence-corrected chi connectivity index (χ3v) is 7.23. The van der Waals surface area contributed by atoms with E-state index < -0.39 is 21.9 Å². The van der Waals surface area contributed by atoms with Crippen molar-refractivity contribution in [3.63, 3.8) is 0 Å². The van der Waals surface area contributed by atoms with Crippen LogP contribution in [0.4, 0.5) is 10.1 Å². The molecular formula is C25H33ClFN3O4S. The summed E-state index contributed by atoms with van der Waals surface area (Å²) < 4.78 is 39.5. The van der Waals surface area contributed by atoms with E-state index >= 15 is 0 Å². The van der Waals surface area contributed by atoms with E-state index in [0.29, 0.717) is 28.4 Å². The van der Waals surface area contributed by atoms with Crippen LogP contribution in [-0.4, -0.2) is 50.5 Å². The summed E-state index contributed by atoms with van der Waals surface area (Å²) in [4.78, 5) is 27.2. The van der Waals surface area contributed by atoms with Gasteiger partial charge in [0.2, 0.25) is 21.8 Å². The Morgan fingerprint density at radius 2 is 1.80 bits per heavy atom. The number of rotatable bonds is 12. The molecule has 35 heavy (non-hydrogen) atoms. The molecule has 0 aliphatic heterocycles. The number of hydrogen-bond donors (Lipinski definition) is 1. The highest BCUT2D eigenvalue weighted by Gasteiger charge is 2.27. The third kappa shape index (κ3) is 8.21. The van der Waals surface area contributed by atoms with Gasteiger partial charge in [-0.15, -0.1) is 0 Å². The van der Waals surface area contributed by atoms with E-state index in [4.69, 9.17) is 11.6 Å². The smallest absolute Gasteiger partial charge is 0.242 e. The van der Waals surface area contributed by atoms with Gasteiger partial charge in [-0.1, -0.05) is 36.7 Å². The van der Waals surface area contributed by atoms with Crippen molar-refractivity contribution in [3.05, 3.63) is 64.4 Å². The highest BCUT2D eigenvalue weighted by atomic mass is 35.5. The molecule has 0 aliphatic carbocycles. The first-order chi connectivity index (χ1) is 16.5. The summed E-state index contributed by atoms with van der Waals surface area (Å²) in [6.07, 6.45) is 2.13. The zero-order valence-corrected chi connectivity index (χ0v) is 22.1. The molecule has 1 atom stereocenters. The average molecular weight is 526 g/mol. The van der Waals surface area contributed by atoms with Crippen LogP contribution in [0.5, 0.6) is 0 Å². The van der Waals surface area contributed by atoms with Crippen LogP contribution in [0, 0.1) is 12.7 Å². The van der Waals surface area contributed by atoms with Crippen LogP contribution >= 0.6 is 11.6 Å². The number of nitrogens with one attached hydrogen (secondary N) is 1. The van der Waals surface area contributed by atoms with Gasteiger partial charge in [-0.2, -0.15) is 0 Å². The molecule has 7 nitrogen and oxygen atoms in total. The maximum atomic E-state index is 13.3. The largest absolute Gasteiger partial charge is 0.354 e. The maximum Gasteiger partial charge on any atom is 0.242 e. The predicted octanol–water partition coefficient (Wildman–Crippen LogP) is 4.28. The average Bonchev–Trinajstić information content (AvgIpc) is 2.80. The lowest BCUT2D eigenvalue weighted by molar-refractivity contribution is -0.140. The minimum Gasteiger partial charge on any atom is -0.354 e. The second kappa shape index (κ2) is 12.9. The molecule has 2 aromatic rings. The molecule has 0 aliphatic rings. The molecule has 0 fully saturated rings. The first kappa shape index (κ1) is 28.6. The van der Waals surface area contributed by atoms with Crippen LogP contribution in [-0.2, 0) is 26.2 Å². The highest BCUT2D eigenvalue weighted by molar-refractivity contribution is 7.92. The van der Waals surface area contributed by atoms with Gasteiger partial charge in [0.25, 0.3) is 0 Å². The highest BCUT2D eigenvalue weighted by Crippen LogP contribution is 2.28. The first-order valence-corrected chi connectivity index (χ1v) is 13.7. The minimum absolute atomic E-state index is 0.0260. The van der Waals surface area contributed by atoms with Crippen molar-refractivity contribution < 1.29 is 22.4 Å². The second-order valence-corrected chi connectivity index (χ2v) is 10.8. The Labute approximate surface area is 212 Å². The van der Waals surface area contributed by atoms with Crippen LogP contribution in [0.15, 0.2) is 42.5 Å². The molecule has 1 N–H and O–H groups in total. The standard InChI is InChI=1S/C25H33ClFN3O4S/c1-5-15-28-25(32)19(3)29(17-20-11-13-21(27)14-12-20)24(31)10-7-16-30(35(4,33)34)23-9-6-8-22(26)18(23)2/h6,8-9,11-14,19H,5,7,10,15-17H2,1-4H3,(H,28,32)/t19-/m1/s1. The third-order valence-electron chi connectivity index (χ3n) is 5.64. The summed E-state index contributed by atoms with van der Waals surface area (Å²) in [7, 11) is -3.62. The molecule has 2 aromatic carbocycles. The fourth-order valence-corrected chi connectivity index (χ4v) is 4.80. The van der Waals surface area contributed by atoms with E-state index in [1.807, 2.05) is 6.92 Å². The van der Waals surface area contributed by atoms with Crippen LogP contribution in [0.3, 0.4) is 0 Å². The molecule has 0 spiro atoms. The van der Waals surface area contributed by atoms with Gasteiger partial charge < -0.3 is 10.2 Å². The SMILES string of the molecule is CCCNC(=O)[C@@H](C)N(Cc1ccc(F)cc1)C(=O)CCCN(c1cccc(Cl)c1C)S(C)(=O)=O. The summed E-state index contributed by atoms with van der Waals surface area (Å²) in [5, 5.41) is 3.25. The zero-order chi connectivity index (χ0) is 26.2. The Bertz CT molecular complexity index is 1130. The van der Waals surface area contributed by atoms with Crippen molar-refractivity contribution in [2.45, 2.75) is 52.6 Å². The summed E-state index contributed by atoms with van der Waals surface area (Å²) >= 11 is 6.18. The van der Waals surface area contributed by atoms with E-state index in [1.54, 1.807) is 44.2 Å². The number of hydrogen-bond acceptors (Lipinski definition) is 4. The topological polar surface area (TPSA) is 86.8 Å². The van der Waals surface area contributed by atoms with E-state index in [9.17, 15) is 22.4 Å². The van der Waals surface area contributed by atoms with Crippen LogP contribution in [0.25, 0.3) is 0 Å². The number of anilines is 1. The Morgan fingerprint density at radius 1 is 1.14 bits per heavy atom. The molecule has 0 saturated heterocycles. The zero-order valence-electron chi connectivity index (χ0n) is 20.6. The molecule has 2 amide bonds. The normalized spacial score (nSPS) is 12.2. The van der Waals surface area contributed by atoms with Gasteiger partial charge in [-0.3, -0.25) is 13.9 Å². The quantitative estimate of drug-likeness (QED) is 0.448. The van der Waals surface area contributed by atoms with Gasteiger partial charge in [0.05, 0.1) is 11.9 Å². The van der Waals surface area contributed by atoms with Gasteiger partial charge in [-0.25, -0.2) is 12.8 Å². The number of carbonyl (C=O) groups excluding carboxylic acids is 2. The van der Waals surface area contributed by atoms with Gasteiger partial charge in [0, 0.05) is 31.1 Å². The van der Waals surface area contributed by atoms with Gasteiger partial charge >= 0.3 is 0 Å². The fraction of sp³-hybridized carbons (Fsp3) is 0.440. The minimum atomic E-state index is -3.62. The van der Waals surface area contributed by atoms with Crippen LogP contribution < -0.4 is 9.62 Å². The molecule has 192 valence electrons. The number of benzene rings is 2. The number of amides is 2. The van der Waals surface area contributed by atoms with Crippen molar-refractivity contribution in [2.24, 2.45) is 0 Å². The summed E-state index contributed by atoms with van der Waals surface area (Å²) in [6.45, 7) is 6.01. The number of sulfonamides is 1. The lowest BCUT2D eigenvalue weighted by atomic mass is 10.1. The fourth-order valence-electron chi connectivity index (χ4n) is 3.61. The Morgan fingerprint density at radius 3 is 2.40 bits per heavy atom. The van der Waals surface area contributed by atoms with Crippen molar-refractivity contribution >= 4 is 39.1 Å². The maximum absolute atomic E-state index is 13.3. The van der Waals surface area contributed by atoms with Crippen molar-refractivity contribution in [1.82, 2.24) is 10.2 Å². The summed E-state index contributed by atoms with van der Waals surface area (Å²) in [6, 6.07) is 10.0. The van der Waals surface area contributed by atoms with Crippen molar-refractivity contribution in [1.29, 1.82) is 0 Å². The van der Waals surface area contributed by atoms with Gasteiger partial charge in [-0.05, 0) is 62.1 Å². The van der Waals surface area contributed by atoms with E-state index in [2.05, 4.69) is 5.32 Å². The molecule has 0 aromatic heterocycles. The van der Waals surface area contributed by atoms with Crippen molar-refractivity contribution in [3.8, 4) is 0 Å². The molecule has 0 unspecified atom stereocenters. The van der Waals surface area contributed by atoms with E-state index in [0.717, 1.165) is 12.7 Å². The predicted molar refractivity (Wildman–Crippen MR) is 137 cm³/mol. The summed E-state index contributed by atoms with van der Waals surface area (Å²) in [5.74, 6) is -0.975. The lowest BCUT2D eigenvalue weighted by Gasteiger charge is -2.29. The van der Waals surface area contributed by atoms with Crippen molar-refractivity contribution in [2.75, 3.05) is 23.7 Å². The lowest BCUT2D eigenvalue weighted by Crippen LogP contribution is -2.47. The molecular weight excluding hydrogens is 493 g/mol. The summed E-state index contributed by atoms with van der Waals surface area (Å²) in [5.41, 5.74) is 1.77. The first-order valence-electron chi connectivity index (χ1n) is 11.5. The molecule has 0 heterocycles. The Hall–Kier alpha value is -2.65. The molecule has 2 rings (SSSR count). The molecule has 10 heteroatoms. The molecule has 0 saturated carbocycles. The van der Waals surface area contributed by atoms with E-state index in [-0.39, 0.29) is 37.7 Å². The monoisotopic (exact) mass is 525 g/mol. The van der Waals surface area contributed by atoms with Gasteiger partial charge in [0.15, 0.2) is 0 Å². The van der Waals surface area contributed by atoms with Crippen LogP contribution in [0.2, 0.25) is 5.02 Å². The van der Waals surface area contributed by atoms with Gasteiger partial charge in [0.1, 0.15) is 11.9 Å². The van der Waals surface area contributed by atoms with Crippen LogP contribution in [0.1, 0.15) is 44.2 Å². The molecule has 0 bridgehead atoms. The Balaban J connectivity index is 2.18. The number of halogens is 2.